The van der Waals surface area contributed by atoms with Crippen LogP contribution < -0.4 is 15.5 Å². The normalized spacial score (nSPS) is 17.8. The molecule has 148 valence electrons. The number of nitrogens with one attached hydrogen (secondary N) is 2. The van der Waals surface area contributed by atoms with Gasteiger partial charge in [0.25, 0.3) is 0 Å². The Hall–Kier alpha value is -2.53. The summed E-state index contributed by atoms with van der Waals surface area (Å²) in [6, 6.07) is 16.5. The van der Waals surface area contributed by atoms with Crippen LogP contribution in [-0.2, 0) is 6.42 Å². The van der Waals surface area contributed by atoms with Gasteiger partial charge in [-0.25, -0.2) is 4.79 Å². The summed E-state index contributed by atoms with van der Waals surface area (Å²) in [7, 11) is 2.16. The fraction of sp³-hybridized carbons (Fsp3) is 0.435. The minimum absolute atomic E-state index is 0.144. The number of piperidine rings is 1. The number of amides is 2. The highest BCUT2D eigenvalue weighted by Gasteiger charge is 2.25. The van der Waals surface area contributed by atoms with E-state index in [0.29, 0.717) is 6.54 Å². The molecule has 0 saturated carbocycles. The molecule has 0 aromatic heterocycles. The van der Waals surface area contributed by atoms with E-state index in [-0.39, 0.29) is 12.1 Å². The summed E-state index contributed by atoms with van der Waals surface area (Å²) >= 11 is 0. The first-order chi connectivity index (χ1) is 13.7. The van der Waals surface area contributed by atoms with E-state index in [9.17, 15) is 4.79 Å². The molecule has 2 aromatic rings. The minimum atomic E-state index is -0.144. The van der Waals surface area contributed by atoms with Gasteiger partial charge in [-0.3, -0.25) is 4.90 Å². The first-order valence-corrected chi connectivity index (χ1v) is 10.4. The number of carbonyl (C=O) groups is 1. The van der Waals surface area contributed by atoms with Crippen LogP contribution in [0.15, 0.2) is 48.5 Å². The fourth-order valence-electron chi connectivity index (χ4n) is 4.37. The van der Waals surface area contributed by atoms with E-state index in [0.717, 1.165) is 31.7 Å². The van der Waals surface area contributed by atoms with Crippen molar-refractivity contribution in [3.8, 4) is 0 Å². The molecule has 2 amide bonds. The van der Waals surface area contributed by atoms with Crippen molar-refractivity contribution < 1.29 is 4.79 Å². The van der Waals surface area contributed by atoms with Crippen LogP contribution in [0, 0.1) is 0 Å². The lowest BCUT2D eigenvalue weighted by Gasteiger charge is -2.35. The Kier molecular flexibility index (Phi) is 5.81. The van der Waals surface area contributed by atoms with Gasteiger partial charge in [0.15, 0.2) is 0 Å². The van der Waals surface area contributed by atoms with Gasteiger partial charge in [0.1, 0.15) is 0 Å². The van der Waals surface area contributed by atoms with E-state index >= 15 is 0 Å². The molecule has 0 bridgehead atoms. The van der Waals surface area contributed by atoms with Crippen LogP contribution in [0.25, 0.3) is 0 Å². The molecule has 2 N–H and O–H groups in total. The summed E-state index contributed by atoms with van der Waals surface area (Å²) in [5.41, 5.74) is 4.90. The number of urea groups is 1. The van der Waals surface area contributed by atoms with Crippen LogP contribution in [0.3, 0.4) is 0 Å². The maximum atomic E-state index is 12.4. The van der Waals surface area contributed by atoms with Crippen LogP contribution in [0.2, 0.25) is 0 Å². The highest BCUT2D eigenvalue weighted by Crippen LogP contribution is 2.32. The van der Waals surface area contributed by atoms with Crippen molar-refractivity contribution in [1.29, 1.82) is 0 Å². The molecule has 2 aliphatic heterocycles. The second-order valence-corrected chi connectivity index (χ2v) is 7.87. The highest BCUT2D eigenvalue weighted by atomic mass is 16.2. The maximum absolute atomic E-state index is 12.4. The lowest BCUT2D eigenvalue weighted by Crippen LogP contribution is -2.41. The number of fused-ring (bicyclic) bond motifs is 1. The number of carbonyl (C=O) groups excluding carboxylic acids is 1. The molecule has 1 saturated heterocycles. The second-order valence-electron chi connectivity index (χ2n) is 7.87. The second kappa shape index (κ2) is 8.65. The summed E-state index contributed by atoms with van der Waals surface area (Å²) < 4.78 is 0. The zero-order valence-corrected chi connectivity index (χ0v) is 16.7. The third-order valence-corrected chi connectivity index (χ3v) is 5.94. The number of para-hydroxylation sites is 1. The molecule has 28 heavy (non-hydrogen) atoms. The SMILES string of the molecule is CN1CCc2cc([C@H](CNC(=O)Nc3ccccc3)N3CCCCC3)ccc21. The van der Waals surface area contributed by atoms with Crippen molar-refractivity contribution in [1.82, 2.24) is 10.2 Å². The van der Waals surface area contributed by atoms with Crippen molar-refractivity contribution in [2.45, 2.75) is 31.7 Å². The van der Waals surface area contributed by atoms with E-state index < -0.39 is 0 Å². The number of hydrogen-bond acceptors (Lipinski definition) is 3. The Morgan fingerprint density at radius 3 is 2.61 bits per heavy atom. The molecule has 4 rings (SSSR count). The Bertz CT molecular complexity index is 802. The molecule has 5 heteroatoms. The van der Waals surface area contributed by atoms with Crippen molar-refractivity contribution in [2.75, 3.05) is 43.4 Å². The Morgan fingerprint density at radius 2 is 1.82 bits per heavy atom. The quantitative estimate of drug-likeness (QED) is 0.826. The van der Waals surface area contributed by atoms with Crippen LogP contribution in [0.1, 0.15) is 36.4 Å². The van der Waals surface area contributed by atoms with Gasteiger partial charge in [-0.05, 0) is 61.7 Å². The number of benzene rings is 2. The van der Waals surface area contributed by atoms with E-state index in [4.69, 9.17) is 0 Å². The van der Waals surface area contributed by atoms with E-state index in [1.165, 1.54) is 36.1 Å². The molecule has 1 fully saturated rings. The first-order valence-electron chi connectivity index (χ1n) is 10.4. The highest BCUT2D eigenvalue weighted by molar-refractivity contribution is 5.89. The van der Waals surface area contributed by atoms with Gasteiger partial charge in [0.05, 0.1) is 6.04 Å². The van der Waals surface area contributed by atoms with E-state index in [2.05, 4.69) is 45.7 Å². The molecular formula is C23H30N4O. The molecule has 0 aliphatic carbocycles. The average molecular weight is 379 g/mol. The minimum Gasteiger partial charge on any atom is -0.374 e. The van der Waals surface area contributed by atoms with E-state index in [1.807, 2.05) is 30.3 Å². The Morgan fingerprint density at radius 1 is 1.04 bits per heavy atom. The molecule has 1 atom stereocenters. The summed E-state index contributed by atoms with van der Waals surface area (Å²) in [6.07, 6.45) is 4.88. The van der Waals surface area contributed by atoms with Crippen molar-refractivity contribution >= 4 is 17.4 Å². The molecule has 0 spiro atoms. The molecule has 5 nitrogen and oxygen atoms in total. The van der Waals surface area contributed by atoms with Crippen molar-refractivity contribution in [3.05, 3.63) is 59.7 Å². The molecule has 0 radical (unpaired) electrons. The number of rotatable bonds is 5. The first kappa shape index (κ1) is 18.8. The predicted molar refractivity (Wildman–Crippen MR) is 115 cm³/mol. The smallest absolute Gasteiger partial charge is 0.319 e. The van der Waals surface area contributed by atoms with Gasteiger partial charge in [0.2, 0.25) is 0 Å². The number of likely N-dealkylation sites (N-methyl/N-ethyl adjacent to an activating group) is 1. The van der Waals surface area contributed by atoms with Crippen LogP contribution >= 0.6 is 0 Å². The maximum Gasteiger partial charge on any atom is 0.319 e. The number of likely N-dealkylation sites (tertiary alicyclic amines) is 1. The lowest BCUT2D eigenvalue weighted by atomic mass is 9.98. The summed E-state index contributed by atoms with van der Waals surface area (Å²) in [4.78, 5) is 17.3. The molecule has 2 heterocycles. The van der Waals surface area contributed by atoms with Gasteiger partial charge >= 0.3 is 6.03 Å². The van der Waals surface area contributed by atoms with Crippen LogP contribution in [0.4, 0.5) is 16.2 Å². The summed E-state index contributed by atoms with van der Waals surface area (Å²) in [5.74, 6) is 0. The van der Waals surface area contributed by atoms with Gasteiger partial charge in [-0.1, -0.05) is 36.8 Å². The van der Waals surface area contributed by atoms with Crippen LogP contribution in [0.5, 0.6) is 0 Å². The molecule has 0 unspecified atom stereocenters. The molecule has 2 aromatic carbocycles. The number of anilines is 2. The molecular weight excluding hydrogens is 348 g/mol. The molecule has 2 aliphatic rings. The zero-order chi connectivity index (χ0) is 19.3. The number of hydrogen-bond donors (Lipinski definition) is 2. The standard InChI is InChI=1S/C23H30N4O/c1-26-15-12-19-16-18(10-11-21(19)26)22(27-13-6-3-7-14-27)17-24-23(28)25-20-8-4-2-5-9-20/h2,4-5,8-11,16,22H,3,6-7,12-15,17H2,1H3,(H2,24,25,28)/t22-/m0/s1. The third kappa shape index (κ3) is 4.30. The topological polar surface area (TPSA) is 47.6 Å². The van der Waals surface area contributed by atoms with Crippen molar-refractivity contribution in [3.63, 3.8) is 0 Å². The van der Waals surface area contributed by atoms with Gasteiger partial charge in [-0.2, -0.15) is 0 Å². The number of nitrogens with zero attached hydrogens (tertiary/aromatic N) is 2. The van der Waals surface area contributed by atoms with E-state index in [1.54, 1.807) is 0 Å². The van der Waals surface area contributed by atoms with Crippen LogP contribution in [-0.4, -0.2) is 44.2 Å². The van der Waals surface area contributed by atoms with Crippen molar-refractivity contribution in [2.24, 2.45) is 0 Å². The van der Waals surface area contributed by atoms with Gasteiger partial charge in [-0.15, -0.1) is 0 Å². The zero-order valence-electron chi connectivity index (χ0n) is 16.7. The fourth-order valence-corrected chi connectivity index (χ4v) is 4.37. The van der Waals surface area contributed by atoms with Gasteiger partial charge < -0.3 is 15.5 Å². The Balaban J connectivity index is 1.47. The average Bonchev–Trinajstić information content (AvgIpc) is 3.10. The summed E-state index contributed by atoms with van der Waals surface area (Å²) in [5, 5.41) is 6.03. The monoisotopic (exact) mass is 378 g/mol. The van der Waals surface area contributed by atoms with Gasteiger partial charge in [0, 0.05) is 31.5 Å². The summed E-state index contributed by atoms with van der Waals surface area (Å²) in [6.45, 7) is 3.91. The third-order valence-electron chi connectivity index (χ3n) is 5.94. The predicted octanol–water partition coefficient (Wildman–Crippen LogP) is 4.03. The lowest BCUT2D eigenvalue weighted by molar-refractivity contribution is 0.161. The largest absolute Gasteiger partial charge is 0.374 e. The Labute approximate surface area is 167 Å².